The minimum absolute atomic E-state index is 0.0161. The van der Waals surface area contributed by atoms with Crippen LogP contribution in [0.4, 0.5) is 0 Å². The number of nitrogens with zero attached hydrogens (tertiary/aromatic N) is 1. The highest BCUT2D eigenvalue weighted by Gasteiger charge is 2.13. The summed E-state index contributed by atoms with van der Waals surface area (Å²) in [4.78, 5) is 4.36. The van der Waals surface area contributed by atoms with Crippen LogP contribution in [0.3, 0.4) is 0 Å². The van der Waals surface area contributed by atoms with Crippen LogP contribution in [-0.4, -0.2) is 13.4 Å². The van der Waals surface area contributed by atoms with Crippen LogP contribution in [-0.2, 0) is 21.9 Å². The van der Waals surface area contributed by atoms with Crippen molar-refractivity contribution in [3.05, 3.63) is 60.0 Å². The fourth-order valence-electron chi connectivity index (χ4n) is 2.11. The van der Waals surface area contributed by atoms with Crippen LogP contribution in [0.1, 0.15) is 11.5 Å². The number of benzene rings is 2. The summed E-state index contributed by atoms with van der Waals surface area (Å²) in [5, 5.41) is 0. The predicted molar refractivity (Wildman–Crippen MR) is 80.9 cm³/mol. The fraction of sp³-hybridized carbons (Fsp3) is 0.133. The van der Waals surface area contributed by atoms with E-state index in [1.54, 1.807) is 6.07 Å². The fourth-order valence-corrected chi connectivity index (χ4v) is 2.87. The summed E-state index contributed by atoms with van der Waals surface area (Å²) < 4.78 is 28.2. The van der Waals surface area contributed by atoms with E-state index in [1.165, 1.54) is 17.7 Å². The van der Waals surface area contributed by atoms with Crippen molar-refractivity contribution in [2.75, 3.05) is 0 Å². The Morgan fingerprint density at radius 1 is 1.05 bits per heavy atom. The quantitative estimate of drug-likeness (QED) is 0.690. The second-order valence-corrected chi connectivity index (χ2v) is 7.23. The molecule has 0 aliphatic carbocycles. The van der Waals surface area contributed by atoms with Crippen molar-refractivity contribution < 1.29 is 12.8 Å². The summed E-state index contributed by atoms with van der Waals surface area (Å²) in [6.45, 7) is 0. The molecule has 21 heavy (non-hydrogen) atoms. The predicted octanol–water partition coefficient (Wildman–Crippen LogP) is 3.54. The lowest BCUT2D eigenvalue weighted by Crippen LogP contribution is -1.90. The molecular formula is C15H12ClNO3S. The van der Waals surface area contributed by atoms with Crippen LogP contribution < -0.4 is 0 Å². The highest BCUT2D eigenvalue weighted by atomic mass is 35.7. The van der Waals surface area contributed by atoms with E-state index < -0.39 is 9.05 Å². The van der Waals surface area contributed by atoms with Crippen LogP contribution in [0.2, 0.25) is 0 Å². The van der Waals surface area contributed by atoms with E-state index in [2.05, 4.69) is 4.98 Å². The van der Waals surface area contributed by atoms with Gasteiger partial charge in [0.15, 0.2) is 11.5 Å². The Morgan fingerprint density at radius 3 is 2.52 bits per heavy atom. The standard InChI is InChI=1S/C15H12ClNO3S/c16-21(18,19)12-7-8-13-14(10-12)20-15(17-13)9-6-11-4-2-1-3-5-11/h1-5,7-8,10H,6,9H2. The van der Waals surface area contributed by atoms with Crippen molar-refractivity contribution >= 4 is 30.8 Å². The number of halogens is 1. The molecule has 0 N–H and O–H groups in total. The Labute approximate surface area is 126 Å². The minimum atomic E-state index is -3.76. The van der Waals surface area contributed by atoms with E-state index in [1.807, 2.05) is 30.3 Å². The Kier molecular flexibility index (Phi) is 3.69. The topological polar surface area (TPSA) is 60.2 Å². The number of hydrogen-bond donors (Lipinski definition) is 0. The second-order valence-electron chi connectivity index (χ2n) is 4.66. The van der Waals surface area contributed by atoms with Crippen molar-refractivity contribution in [1.29, 1.82) is 0 Å². The van der Waals surface area contributed by atoms with Crippen molar-refractivity contribution in [3.8, 4) is 0 Å². The Balaban J connectivity index is 1.84. The first-order valence-corrected chi connectivity index (χ1v) is 8.71. The molecule has 0 atom stereocenters. The third-order valence-electron chi connectivity index (χ3n) is 3.16. The van der Waals surface area contributed by atoms with Gasteiger partial charge in [-0.05, 0) is 24.1 Å². The smallest absolute Gasteiger partial charge is 0.261 e. The molecule has 3 rings (SSSR count). The molecule has 1 aromatic heterocycles. The number of fused-ring (bicyclic) bond motifs is 1. The van der Waals surface area contributed by atoms with Gasteiger partial charge in [0.2, 0.25) is 0 Å². The Hall–Kier alpha value is -1.85. The van der Waals surface area contributed by atoms with Crippen LogP contribution >= 0.6 is 10.7 Å². The van der Waals surface area contributed by atoms with E-state index >= 15 is 0 Å². The second kappa shape index (κ2) is 5.50. The average Bonchev–Trinajstić information content (AvgIpc) is 2.87. The first-order valence-electron chi connectivity index (χ1n) is 6.40. The highest BCUT2D eigenvalue weighted by Crippen LogP contribution is 2.23. The monoisotopic (exact) mass is 321 g/mol. The minimum Gasteiger partial charge on any atom is -0.441 e. The highest BCUT2D eigenvalue weighted by molar-refractivity contribution is 8.13. The Morgan fingerprint density at radius 2 is 1.81 bits per heavy atom. The summed E-state index contributed by atoms with van der Waals surface area (Å²) >= 11 is 0. The van der Waals surface area contributed by atoms with Gasteiger partial charge in [-0.25, -0.2) is 13.4 Å². The molecule has 108 valence electrons. The number of hydrogen-bond acceptors (Lipinski definition) is 4. The van der Waals surface area contributed by atoms with Crippen molar-refractivity contribution in [2.24, 2.45) is 0 Å². The zero-order chi connectivity index (χ0) is 14.9. The zero-order valence-electron chi connectivity index (χ0n) is 11.0. The zero-order valence-corrected chi connectivity index (χ0v) is 12.6. The molecule has 1 heterocycles. The third-order valence-corrected chi connectivity index (χ3v) is 4.51. The summed E-state index contributed by atoms with van der Waals surface area (Å²) in [5.74, 6) is 0.581. The lowest BCUT2D eigenvalue weighted by molar-refractivity contribution is 0.527. The van der Waals surface area contributed by atoms with Crippen LogP contribution in [0.25, 0.3) is 11.1 Å². The molecule has 0 fully saturated rings. The van der Waals surface area contributed by atoms with E-state index in [0.717, 1.165) is 6.42 Å². The van der Waals surface area contributed by atoms with Gasteiger partial charge in [-0.1, -0.05) is 30.3 Å². The molecule has 6 heteroatoms. The van der Waals surface area contributed by atoms with Crippen LogP contribution in [0.15, 0.2) is 57.8 Å². The molecule has 0 aliphatic heterocycles. The third kappa shape index (κ3) is 3.25. The molecule has 0 amide bonds. The van der Waals surface area contributed by atoms with Gasteiger partial charge in [0.05, 0.1) is 4.90 Å². The largest absolute Gasteiger partial charge is 0.441 e. The van der Waals surface area contributed by atoms with Crippen molar-refractivity contribution in [1.82, 2.24) is 4.98 Å². The summed E-state index contributed by atoms with van der Waals surface area (Å²) in [6.07, 6.45) is 1.47. The molecule has 0 bridgehead atoms. The molecule has 0 spiro atoms. The maximum absolute atomic E-state index is 11.3. The lowest BCUT2D eigenvalue weighted by Gasteiger charge is -1.97. The molecule has 2 aromatic carbocycles. The normalized spacial score (nSPS) is 11.9. The van der Waals surface area contributed by atoms with Crippen molar-refractivity contribution in [2.45, 2.75) is 17.7 Å². The van der Waals surface area contributed by atoms with E-state index in [-0.39, 0.29) is 4.90 Å². The first-order chi connectivity index (χ1) is 10.0. The molecule has 3 aromatic rings. The van der Waals surface area contributed by atoms with Crippen LogP contribution in [0, 0.1) is 0 Å². The van der Waals surface area contributed by atoms with Gasteiger partial charge in [-0.3, -0.25) is 0 Å². The van der Waals surface area contributed by atoms with E-state index in [9.17, 15) is 8.42 Å². The number of oxazole rings is 1. The number of rotatable bonds is 4. The van der Waals surface area contributed by atoms with Gasteiger partial charge in [-0.2, -0.15) is 0 Å². The lowest BCUT2D eigenvalue weighted by atomic mass is 10.1. The molecule has 0 aliphatic rings. The van der Waals surface area contributed by atoms with Crippen LogP contribution in [0.5, 0.6) is 0 Å². The number of aryl methyl sites for hydroxylation is 2. The van der Waals surface area contributed by atoms with Gasteiger partial charge < -0.3 is 4.42 Å². The molecule has 0 saturated heterocycles. The van der Waals surface area contributed by atoms with Gasteiger partial charge in [0.25, 0.3) is 9.05 Å². The van der Waals surface area contributed by atoms with Gasteiger partial charge in [-0.15, -0.1) is 0 Å². The Bertz CT molecular complexity index is 872. The van der Waals surface area contributed by atoms with E-state index in [0.29, 0.717) is 23.4 Å². The van der Waals surface area contributed by atoms with E-state index in [4.69, 9.17) is 15.1 Å². The SMILES string of the molecule is O=S(=O)(Cl)c1ccc2nc(CCc3ccccc3)oc2c1. The van der Waals surface area contributed by atoms with Gasteiger partial charge in [0, 0.05) is 23.2 Å². The summed E-state index contributed by atoms with van der Waals surface area (Å²) in [7, 11) is 1.56. The maximum Gasteiger partial charge on any atom is 0.261 e. The molecular weight excluding hydrogens is 310 g/mol. The van der Waals surface area contributed by atoms with Gasteiger partial charge in [0.1, 0.15) is 5.52 Å². The van der Waals surface area contributed by atoms with Crippen molar-refractivity contribution in [3.63, 3.8) is 0 Å². The maximum atomic E-state index is 11.3. The average molecular weight is 322 g/mol. The summed E-state index contributed by atoms with van der Waals surface area (Å²) in [5.41, 5.74) is 2.26. The number of aromatic nitrogens is 1. The van der Waals surface area contributed by atoms with Gasteiger partial charge >= 0.3 is 0 Å². The molecule has 4 nitrogen and oxygen atoms in total. The molecule has 0 saturated carbocycles. The molecule has 0 unspecified atom stereocenters. The molecule has 0 radical (unpaired) electrons. The first kappa shape index (κ1) is 14.1. The summed E-state index contributed by atoms with van der Waals surface area (Å²) in [6, 6.07) is 14.4.